The zero-order valence-corrected chi connectivity index (χ0v) is 9.97. The fraction of sp³-hybridized carbons (Fsp3) is 0.900. The van der Waals surface area contributed by atoms with Gasteiger partial charge in [-0.3, -0.25) is 4.79 Å². The van der Waals surface area contributed by atoms with Gasteiger partial charge in [0, 0.05) is 6.42 Å². The number of hydrogen-bond donors (Lipinski definition) is 7. The molecule has 0 aliphatic heterocycles. The Kier molecular flexibility index (Phi) is 6.86. The molecule has 18 heavy (non-hydrogen) atoms. The summed E-state index contributed by atoms with van der Waals surface area (Å²) in [4.78, 5) is 11.3. The van der Waals surface area contributed by atoms with Crippen LogP contribution < -0.4 is 0 Å². The Morgan fingerprint density at radius 3 is 1.94 bits per heavy atom. The highest BCUT2D eigenvalue weighted by Gasteiger charge is 2.47. The summed E-state index contributed by atoms with van der Waals surface area (Å²) < 4.78 is 0. The third-order valence-electron chi connectivity index (χ3n) is 2.76. The molecule has 7 N–H and O–H groups in total. The topological polar surface area (TPSA) is 159 Å². The first-order valence-corrected chi connectivity index (χ1v) is 5.38. The lowest BCUT2D eigenvalue weighted by atomic mass is 9.82. The van der Waals surface area contributed by atoms with Gasteiger partial charge in [0.15, 0.2) is 11.4 Å². The summed E-state index contributed by atoms with van der Waals surface area (Å²) in [5.74, 6) is -0.952. The standard InChI is InChI=1S/C10H20O8/c1-5(13)10(18,2-6(14)3-11)9(17)8(16)7(15)4-12/h6-9,11-12,14-18H,2-4H2,1H3/t6?,7-,8-,9+,10+/m1/s1. The average Bonchev–Trinajstić information content (AvgIpc) is 2.35. The predicted octanol–water partition coefficient (Wildman–Crippen LogP) is -3.88. The van der Waals surface area contributed by atoms with Gasteiger partial charge in [0.25, 0.3) is 0 Å². The molecule has 0 amide bonds. The van der Waals surface area contributed by atoms with Crippen molar-refractivity contribution in [2.75, 3.05) is 13.2 Å². The summed E-state index contributed by atoms with van der Waals surface area (Å²) in [7, 11) is 0. The predicted molar refractivity (Wildman–Crippen MR) is 58.4 cm³/mol. The second-order valence-electron chi connectivity index (χ2n) is 4.21. The monoisotopic (exact) mass is 268 g/mol. The Bertz CT molecular complexity index is 271. The number of aliphatic hydroxyl groups excluding tert-OH is 6. The lowest BCUT2D eigenvalue weighted by molar-refractivity contribution is -0.180. The Hall–Kier alpha value is -0.610. The van der Waals surface area contributed by atoms with Gasteiger partial charge in [-0.1, -0.05) is 0 Å². The van der Waals surface area contributed by atoms with Gasteiger partial charge >= 0.3 is 0 Å². The highest BCUT2D eigenvalue weighted by atomic mass is 16.4. The van der Waals surface area contributed by atoms with E-state index in [1.54, 1.807) is 0 Å². The molecule has 0 saturated carbocycles. The number of aliphatic hydroxyl groups is 7. The van der Waals surface area contributed by atoms with E-state index in [9.17, 15) is 25.2 Å². The van der Waals surface area contributed by atoms with Gasteiger partial charge < -0.3 is 35.7 Å². The number of Topliss-reactive ketones (excluding diaryl/α,β-unsaturated/α-hetero) is 1. The lowest BCUT2D eigenvalue weighted by Crippen LogP contribution is -2.58. The first-order chi connectivity index (χ1) is 8.20. The first kappa shape index (κ1) is 17.4. The van der Waals surface area contributed by atoms with Crippen LogP contribution in [0, 0.1) is 0 Å². The molecule has 0 aromatic heterocycles. The van der Waals surface area contributed by atoms with Crippen molar-refractivity contribution >= 4 is 5.78 Å². The van der Waals surface area contributed by atoms with Gasteiger partial charge in [-0.2, -0.15) is 0 Å². The van der Waals surface area contributed by atoms with Crippen molar-refractivity contribution in [3.8, 4) is 0 Å². The fourth-order valence-corrected chi connectivity index (χ4v) is 1.50. The molecule has 0 aliphatic carbocycles. The molecule has 0 aliphatic rings. The minimum Gasteiger partial charge on any atom is -0.394 e. The van der Waals surface area contributed by atoms with Crippen molar-refractivity contribution in [3.63, 3.8) is 0 Å². The molecule has 0 fully saturated rings. The van der Waals surface area contributed by atoms with Gasteiger partial charge in [-0.25, -0.2) is 0 Å². The summed E-state index contributed by atoms with van der Waals surface area (Å²) in [5, 5.41) is 64.7. The van der Waals surface area contributed by atoms with Crippen LogP contribution in [0.4, 0.5) is 0 Å². The van der Waals surface area contributed by atoms with Crippen LogP contribution in [0.5, 0.6) is 0 Å². The number of hydrogen-bond acceptors (Lipinski definition) is 8. The number of ketones is 1. The van der Waals surface area contributed by atoms with Gasteiger partial charge in [-0.15, -0.1) is 0 Å². The SMILES string of the molecule is CC(=O)[C@@](O)(CC(O)CO)[C@@H](O)[C@H](O)[C@H](O)CO. The molecule has 0 saturated heterocycles. The zero-order valence-electron chi connectivity index (χ0n) is 9.97. The highest BCUT2D eigenvalue weighted by molar-refractivity contribution is 5.85. The Morgan fingerprint density at radius 1 is 1.11 bits per heavy atom. The average molecular weight is 268 g/mol. The summed E-state index contributed by atoms with van der Waals surface area (Å²) in [6.45, 7) is -0.707. The third kappa shape index (κ3) is 3.95. The molecular formula is C10H20O8. The van der Waals surface area contributed by atoms with Crippen molar-refractivity contribution in [2.24, 2.45) is 0 Å². The first-order valence-electron chi connectivity index (χ1n) is 5.38. The molecule has 0 rings (SSSR count). The van der Waals surface area contributed by atoms with Gasteiger partial charge in [0.05, 0.1) is 19.3 Å². The maximum Gasteiger partial charge on any atom is 0.164 e. The van der Waals surface area contributed by atoms with Crippen LogP contribution in [-0.2, 0) is 4.79 Å². The number of carbonyl (C=O) groups is 1. The van der Waals surface area contributed by atoms with E-state index in [1.807, 2.05) is 0 Å². The van der Waals surface area contributed by atoms with Crippen LogP contribution in [0.1, 0.15) is 13.3 Å². The van der Waals surface area contributed by atoms with Crippen LogP contribution >= 0.6 is 0 Å². The van der Waals surface area contributed by atoms with Crippen LogP contribution in [0.25, 0.3) is 0 Å². The van der Waals surface area contributed by atoms with Crippen molar-refractivity contribution in [3.05, 3.63) is 0 Å². The Labute approximate surface area is 104 Å². The van der Waals surface area contributed by atoms with E-state index in [2.05, 4.69) is 0 Å². The molecule has 0 spiro atoms. The van der Waals surface area contributed by atoms with E-state index in [4.69, 9.17) is 15.3 Å². The Morgan fingerprint density at radius 2 is 1.61 bits per heavy atom. The molecule has 108 valence electrons. The highest BCUT2D eigenvalue weighted by Crippen LogP contribution is 2.23. The minimum absolute atomic E-state index is 0.713. The molecule has 8 heteroatoms. The van der Waals surface area contributed by atoms with Gasteiger partial charge in [0.1, 0.15) is 18.3 Å². The largest absolute Gasteiger partial charge is 0.394 e. The van der Waals surface area contributed by atoms with Crippen molar-refractivity contribution in [2.45, 2.75) is 43.4 Å². The normalized spacial score (nSPS) is 21.8. The van der Waals surface area contributed by atoms with Crippen molar-refractivity contribution in [1.82, 2.24) is 0 Å². The molecule has 0 aromatic rings. The molecule has 0 heterocycles. The fourth-order valence-electron chi connectivity index (χ4n) is 1.50. The van der Waals surface area contributed by atoms with Crippen molar-refractivity contribution < 1.29 is 40.5 Å². The van der Waals surface area contributed by atoms with Crippen LogP contribution in [0.2, 0.25) is 0 Å². The molecular weight excluding hydrogens is 248 g/mol. The Balaban J connectivity index is 5.03. The second kappa shape index (κ2) is 7.10. The number of carbonyl (C=O) groups excluding carboxylic acids is 1. The maximum absolute atomic E-state index is 11.3. The van der Waals surface area contributed by atoms with E-state index in [0.29, 0.717) is 0 Å². The van der Waals surface area contributed by atoms with E-state index < -0.39 is 55.4 Å². The van der Waals surface area contributed by atoms with Crippen LogP contribution in [0.15, 0.2) is 0 Å². The van der Waals surface area contributed by atoms with Gasteiger partial charge in [-0.05, 0) is 6.92 Å². The summed E-state index contributed by atoms with van der Waals surface area (Å²) >= 11 is 0. The van der Waals surface area contributed by atoms with E-state index in [0.717, 1.165) is 6.92 Å². The molecule has 1 unspecified atom stereocenters. The smallest absolute Gasteiger partial charge is 0.164 e. The molecule has 0 bridgehead atoms. The number of rotatable bonds is 8. The summed E-state index contributed by atoms with van der Waals surface area (Å²) in [6.07, 6.45) is -8.04. The second-order valence-corrected chi connectivity index (χ2v) is 4.21. The quantitative estimate of drug-likeness (QED) is 0.235. The third-order valence-corrected chi connectivity index (χ3v) is 2.76. The molecule has 0 radical (unpaired) electrons. The van der Waals surface area contributed by atoms with E-state index in [-0.39, 0.29) is 0 Å². The van der Waals surface area contributed by atoms with E-state index in [1.165, 1.54) is 0 Å². The molecule has 0 aromatic carbocycles. The van der Waals surface area contributed by atoms with Crippen molar-refractivity contribution in [1.29, 1.82) is 0 Å². The van der Waals surface area contributed by atoms with E-state index >= 15 is 0 Å². The molecule has 5 atom stereocenters. The van der Waals surface area contributed by atoms with Crippen LogP contribution in [-0.4, -0.2) is 84.8 Å². The minimum atomic E-state index is -2.53. The van der Waals surface area contributed by atoms with Gasteiger partial charge in [0.2, 0.25) is 0 Å². The maximum atomic E-state index is 11.3. The summed E-state index contributed by atoms with van der Waals surface area (Å²) in [5.41, 5.74) is -2.53. The van der Waals surface area contributed by atoms with Crippen LogP contribution in [0.3, 0.4) is 0 Å². The molecule has 8 nitrogen and oxygen atoms in total. The summed E-state index contributed by atoms with van der Waals surface area (Å²) in [6, 6.07) is 0. The lowest BCUT2D eigenvalue weighted by Gasteiger charge is -2.35. The zero-order chi connectivity index (χ0) is 14.5.